The summed E-state index contributed by atoms with van der Waals surface area (Å²) in [6.07, 6.45) is 1.45. The molecule has 0 unspecified atom stereocenters. The molecular formula is C27H22BrClN2O5. The third kappa shape index (κ3) is 6.87. The molecule has 0 atom stereocenters. The lowest BCUT2D eigenvalue weighted by Gasteiger charge is -2.15. The third-order valence-corrected chi connectivity index (χ3v) is 6.02. The second-order valence-corrected chi connectivity index (χ2v) is 8.90. The van der Waals surface area contributed by atoms with Crippen LogP contribution in [0.15, 0.2) is 64.6 Å². The van der Waals surface area contributed by atoms with Crippen LogP contribution in [0, 0.1) is 18.3 Å². The number of hydrogen-bond donors (Lipinski definition) is 2. The van der Waals surface area contributed by atoms with E-state index in [1.807, 2.05) is 19.9 Å². The number of aromatic carboxylic acids is 1. The topological polar surface area (TPSA) is 109 Å². The van der Waals surface area contributed by atoms with E-state index in [4.69, 9.17) is 26.2 Å². The van der Waals surface area contributed by atoms with Gasteiger partial charge >= 0.3 is 5.97 Å². The Kier molecular flexibility index (Phi) is 9.12. The van der Waals surface area contributed by atoms with Crippen LogP contribution >= 0.6 is 27.5 Å². The highest BCUT2D eigenvalue weighted by atomic mass is 79.9. The van der Waals surface area contributed by atoms with Crippen molar-refractivity contribution in [2.45, 2.75) is 20.5 Å². The Morgan fingerprint density at radius 1 is 1.14 bits per heavy atom. The fraction of sp³-hybridized carbons (Fsp3) is 0.148. The van der Waals surface area contributed by atoms with Gasteiger partial charge in [-0.3, -0.25) is 4.79 Å². The molecule has 0 bridgehead atoms. The number of ether oxygens (including phenoxy) is 2. The summed E-state index contributed by atoms with van der Waals surface area (Å²) in [7, 11) is 0. The molecule has 0 saturated heterocycles. The molecule has 0 aromatic heterocycles. The Morgan fingerprint density at radius 3 is 2.47 bits per heavy atom. The largest absolute Gasteiger partial charge is 0.490 e. The number of nitrogens with zero attached hydrogens (tertiary/aromatic N) is 1. The molecule has 184 valence electrons. The number of nitrogens with one attached hydrogen (secondary N) is 1. The fourth-order valence-electron chi connectivity index (χ4n) is 3.16. The van der Waals surface area contributed by atoms with Crippen molar-refractivity contribution in [1.82, 2.24) is 0 Å². The minimum absolute atomic E-state index is 0.103. The molecule has 3 rings (SSSR count). The monoisotopic (exact) mass is 568 g/mol. The van der Waals surface area contributed by atoms with E-state index < -0.39 is 11.9 Å². The molecule has 9 heteroatoms. The number of carboxylic acid groups (broad SMARTS) is 1. The number of hydrogen-bond acceptors (Lipinski definition) is 5. The second-order valence-electron chi connectivity index (χ2n) is 7.64. The Balaban J connectivity index is 1.82. The van der Waals surface area contributed by atoms with E-state index in [9.17, 15) is 14.9 Å². The molecule has 0 spiro atoms. The van der Waals surface area contributed by atoms with E-state index in [1.54, 1.807) is 42.5 Å². The van der Waals surface area contributed by atoms with Crippen molar-refractivity contribution in [1.29, 1.82) is 5.26 Å². The Hall–Kier alpha value is -3.80. The van der Waals surface area contributed by atoms with Gasteiger partial charge in [0.15, 0.2) is 11.5 Å². The highest BCUT2D eigenvalue weighted by Gasteiger charge is 2.15. The first-order valence-corrected chi connectivity index (χ1v) is 12.0. The zero-order valence-corrected chi connectivity index (χ0v) is 21.8. The maximum Gasteiger partial charge on any atom is 0.335 e. The minimum Gasteiger partial charge on any atom is -0.490 e. The van der Waals surface area contributed by atoms with E-state index in [0.717, 1.165) is 11.1 Å². The summed E-state index contributed by atoms with van der Waals surface area (Å²) >= 11 is 9.60. The van der Waals surface area contributed by atoms with Crippen LogP contribution in [0.1, 0.15) is 34.0 Å². The van der Waals surface area contributed by atoms with E-state index in [-0.39, 0.29) is 17.7 Å². The highest BCUT2D eigenvalue weighted by Crippen LogP contribution is 2.38. The van der Waals surface area contributed by atoms with Crippen molar-refractivity contribution in [2.24, 2.45) is 0 Å². The molecule has 1 amide bonds. The summed E-state index contributed by atoms with van der Waals surface area (Å²) in [5, 5.41) is 21.8. The normalized spacial score (nSPS) is 10.9. The van der Waals surface area contributed by atoms with Gasteiger partial charge in [-0.25, -0.2) is 4.79 Å². The van der Waals surface area contributed by atoms with Gasteiger partial charge in [0.2, 0.25) is 0 Å². The van der Waals surface area contributed by atoms with Crippen LogP contribution in [0.4, 0.5) is 5.69 Å². The molecule has 2 N–H and O–H groups in total. The molecule has 0 fully saturated rings. The number of amides is 1. The summed E-state index contributed by atoms with van der Waals surface area (Å²) in [5.74, 6) is -0.714. The zero-order chi connectivity index (χ0) is 26.2. The minimum atomic E-state index is -0.999. The quantitative estimate of drug-likeness (QED) is 0.221. The van der Waals surface area contributed by atoms with Crippen LogP contribution in [-0.2, 0) is 11.4 Å². The fourth-order valence-corrected chi connectivity index (χ4v) is 3.91. The van der Waals surface area contributed by atoms with Crippen LogP contribution in [0.5, 0.6) is 11.5 Å². The van der Waals surface area contributed by atoms with Gasteiger partial charge in [0.05, 0.1) is 16.6 Å². The molecule has 3 aromatic rings. The SMILES string of the molecule is CCOc1cc(/C=C(/C#N)C(=O)Nc2ccc(C)c(Cl)c2)cc(Br)c1OCc1ccc(C(=O)O)cc1. The Labute approximate surface area is 222 Å². The number of rotatable bonds is 9. The van der Waals surface area contributed by atoms with Gasteiger partial charge < -0.3 is 19.9 Å². The van der Waals surface area contributed by atoms with Crippen molar-refractivity contribution >= 4 is 51.2 Å². The van der Waals surface area contributed by atoms with Crippen molar-refractivity contribution in [3.63, 3.8) is 0 Å². The average molecular weight is 570 g/mol. The number of nitriles is 1. The summed E-state index contributed by atoms with van der Waals surface area (Å²) < 4.78 is 12.2. The third-order valence-electron chi connectivity index (χ3n) is 5.02. The molecule has 3 aromatic carbocycles. The van der Waals surface area contributed by atoms with Crippen LogP contribution in [0.25, 0.3) is 6.08 Å². The maximum atomic E-state index is 12.7. The van der Waals surface area contributed by atoms with Crippen LogP contribution in [-0.4, -0.2) is 23.6 Å². The highest BCUT2D eigenvalue weighted by molar-refractivity contribution is 9.10. The van der Waals surface area contributed by atoms with Crippen molar-refractivity contribution in [3.8, 4) is 17.6 Å². The van der Waals surface area contributed by atoms with E-state index in [1.165, 1.54) is 18.2 Å². The van der Waals surface area contributed by atoms with Gasteiger partial charge in [0.25, 0.3) is 5.91 Å². The average Bonchev–Trinajstić information content (AvgIpc) is 2.84. The maximum absolute atomic E-state index is 12.7. The molecular weight excluding hydrogens is 548 g/mol. The number of aryl methyl sites for hydroxylation is 1. The molecule has 7 nitrogen and oxygen atoms in total. The van der Waals surface area contributed by atoms with Crippen molar-refractivity contribution < 1.29 is 24.2 Å². The molecule has 0 heterocycles. The predicted octanol–water partition coefficient (Wildman–Crippen LogP) is 6.63. The number of carbonyl (C=O) groups is 2. The van der Waals surface area contributed by atoms with E-state index in [0.29, 0.717) is 38.9 Å². The number of carboxylic acids is 1. The second kappa shape index (κ2) is 12.2. The first-order valence-electron chi connectivity index (χ1n) is 10.8. The van der Waals surface area contributed by atoms with Crippen LogP contribution < -0.4 is 14.8 Å². The summed E-state index contributed by atoms with van der Waals surface area (Å²) in [5.41, 5.74) is 2.77. The molecule has 0 aliphatic carbocycles. The Morgan fingerprint density at radius 2 is 1.86 bits per heavy atom. The lowest BCUT2D eigenvalue weighted by molar-refractivity contribution is -0.112. The van der Waals surface area contributed by atoms with Gasteiger partial charge in [-0.1, -0.05) is 29.8 Å². The van der Waals surface area contributed by atoms with Crippen LogP contribution in [0.2, 0.25) is 5.02 Å². The van der Waals surface area contributed by atoms with E-state index in [2.05, 4.69) is 21.2 Å². The molecule has 0 radical (unpaired) electrons. The zero-order valence-electron chi connectivity index (χ0n) is 19.5. The summed E-state index contributed by atoms with van der Waals surface area (Å²) in [6.45, 7) is 4.22. The molecule has 0 aliphatic rings. The van der Waals surface area contributed by atoms with Crippen molar-refractivity contribution in [3.05, 3.63) is 91.9 Å². The van der Waals surface area contributed by atoms with E-state index >= 15 is 0 Å². The molecule has 0 aliphatic heterocycles. The molecule has 0 saturated carbocycles. The van der Waals surface area contributed by atoms with Crippen molar-refractivity contribution in [2.75, 3.05) is 11.9 Å². The standard InChI is InChI=1S/C27H22BrClN2O5/c1-3-35-24-12-18(10-20(14-30)26(32)31-21-9-4-16(2)23(29)13-21)11-22(28)25(24)36-15-17-5-7-19(8-6-17)27(33)34/h4-13H,3,15H2,1-2H3,(H,31,32)(H,33,34)/b20-10-. The lowest BCUT2D eigenvalue weighted by Crippen LogP contribution is -2.13. The van der Waals surface area contributed by atoms with Crippen LogP contribution in [0.3, 0.4) is 0 Å². The smallest absolute Gasteiger partial charge is 0.335 e. The summed E-state index contributed by atoms with van der Waals surface area (Å²) in [6, 6.07) is 16.8. The van der Waals surface area contributed by atoms with Gasteiger partial charge in [-0.15, -0.1) is 0 Å². The Bertz CT molecular complexity index is 1360. The number of carbonyl (C=O) groups excluding carboxylic acids is 1. The van der Waals surface area contributed by atoms with Gasteiger partial charge in [0, 0.05) is 10.7 Å². The molecule has 36 heavy (non-hydrogen) atoms. The van der Waals surface area contributed by atoms with Gasteiger partial charge in [0.1, 0.15) is 18.2 Å². The predicted molar refractivity (Wildman–Crippen MR) is 141 cm³/mol. The number of anilines is 1. The number of halogens is 2. The first-order chi connectivity index (χ1) is 17.2. The van der Waals surface area contributed by atoms with Gasteiger partial charge in [-0.2, -0.15) is 5.26 Å². The lowest BCUT2D eigenvalue weighted by atomic mass is 10.1. The summed E-state index contributed by atoms with van der Waals surface area (Å²) in [4.78, 5) is 23.7. The number of benzene rings is 3. The van der Waals surface area contributed by atoms with Gasteiger partial charge in [-0.05, 0) is 88.9 Å². The first kappa shape index (κ1) is 26.8.